The van der Waals surface area contributed by atoms with Crippen LogP contribution in [0.5, 0.6) is 0 Å². The van der Waals surface area contributed by atoms with Crippen molar-refractivity contribution in [3.8, 4) is 11.3 Å². The summed E-state index contributed by atoms with van der Waals surface area (Å²) < 4.78 is 0. The first-order valence-electron chi connectivity index (χ1n) is 8.07. The SMILES string of the molecule is CCCCCCCCCc1[nH]nc(N)c1-c1ccccn1. The molecule has 0 spiro atoms. The Balaban J connectivity index is 1.84. The normalized spacial score (nSPS) is 10.9. The van der Waals surface area contributed by atoms with Crippen LogP contribution in [0.1, 0.15) is 57.6 Å². The Morgan fingerprint density at radius 3 is 2.52 bits per heavy atom. The lowest BCUT2D eigenvalue weighted by atomic mass is 10.0. The molecule has 0 unspecified atom stereocenters. The lowest BCUT2D eigenvalue weighted by Gasteiger charge is -2.04. The number of H-pyrrole nitrogens is 1. The van der Waals surface area contributed by atoms with Gasteiger partial charge < -0.3 is 5.73 Å². The minimum atomic E-state index is 0.548. The molecule has 2 rings (SSSR count). The lowest BCUT2D eigenvalue weighted by Crippen LogP contribution is -1.93. The largest absolute Gasteiger partial charge is 0.382 e. The lowest BCUT2D eigenvalue weighted by molar-refractivity contribution is 0.587. The van der Waals surface area contributed by atoms with Gasteiger partial charge in [-0.05, 0) is 25.0 Å². The molecule has 2 aromatic heterocycles. The number of pyridine rings is 1. The van der Waals surface area contributed by atoms with Crippen molar-refractivity contribution in [1.29, 1.82) is 0 Å². The number of aromatic amines is 1. The van der Waals surface area contributed by atoms with E-state index in [1.165, 1.54) is 44.9 Å². The molecule has 114 valence electrons. The van der Waals surface area contributed by atoms with Crippen LogP contribution in [0.2, 0.25) is 0 Å². The monoisotopic (exact) mass is 286 g/mol. The molecule has 4 nitrogen and oxygen atoms in total. The van der Waals surface area contributed by atoms with Crippen LogP contribution < -0.4 is 5.73 Å². The van der Waals surface area contributed by atoms with Crippen molar-refractivity contribution in [3.05, 3.63) is 30.1 Å². The third-order valence-corrected chi connectivity index (χ3v) is 3.82. The topological polar surface area (TPSA) is 67.6 Å². The van der Waals surface area contributed by atoms with Gasteiger partial charge in [0.15, 0.2) is 5.82 Å². The summed E-state index contributed by atoms with van der Waals surface area (Å²) in [5, 5.41) is 7.21. The number of nitrogens with two attached hydrogens (primary N) is 1. The standard InChI is InChI=1S/C17H26N4/c1-2-3-4-5-6-7-8-12-15-16(17(18)21-20-15)14-11-9-10-13-19-14/h9-11,13H,2-8,12H2,1H3,(H3,18,20,21). The van der Waals surface area contributed by atoms with Gasteiger partial charge in [0, 0.05) is 11.9 Å². The van der Waals surface area contributed by atoms with Crippen LogP contribution in [0.4, 0.5) is 5.82 Å². The maximum atomic E-state index is 5.98. The number of hydrogen-bond acceptors (Lipinski definition) is 3. The molecule has 0 saturated heterocycles. The molecule has 0 bridgehead atoms. The van der Waals surface area contributed by atoms with E-state index in [1.54, 1.807) is 6.20 Å². The van der Waals surface area contributed by atoms with Crippen LogP contribution in [-0.2, 0) is 6.42 Å². The molecule has 0 atom stereocenters. The number of nitrogens with one attached hydrogen (secondary N) is 1. The van der Waals surface area contributed by atoms with Gasteiger partial charge in [-0.1, -0.05) is 51.5 Å². The van der Waals surface area contributed by atoms with Gasteiger partial charge in [-0.2, -0.15) is 5.10 Å². The van der Waals surface area contributed by atoms with Crippen molar-refractivity contribution in [3.63, 3.8) is 0 Å². The molecule has 0 saturated carbocycles. The molecule has 0 fully saturated rings. The summed E-state index contributed by atoms with van der Waals surface area (Å²) in [7, 11) is 0. The Labute approximate surface area is 127 Å². The minimum absolute atomic E-state index is 0.548. The number of anilines is 1. The van der Waals surface area contributed by atoms with Gasteiger partial charge in [0.25, 0.3) is 0 Å². The van der Waals surface area contributed by atoms with Crippen LogP contribution >= 0.6 is 0 Å². The molecule has 2 aromatic rings. The Bertz CT molecular complexity index is 519. The highest BCUT2D eigenvalue weighted by Crippen LogP contribution is 2.27. The van der Waals surface area contributed by atoms with Crippen LogP contribution in [0.25, 0.3) is 11.3 Å². The molecule has 2 heterocycles. The summed E-state index contributed by atoms with van der Waals surface area (Å²) in [6, 6.07) is 5.87. The molecule has 0 amide bonds. The predicted octanol–water partition coefficient (Wildman–Crippen LogP) is 4.35. The second kappa shape index (κ2) is 8.45. The molecule has 21 heavy (non-hydrogen) atoms. The zero-order valence-corrected chi connectivity index (χ0v) is 12.9. The minimum Gasteiger partial charge on any atom is -0.382 e. The highest BCUT2D eigenvalue weighted by Gasteiger charge is 2.13. The molecule has 0 aromatic carbocycles. The number of nitrogen functional groups attached to an aromatic ring is 1. The zero-order chi connectivity index (χ0) is 14.9. The molecule has 0 aliphatic rings. The van der Waals surface area contributed by atoms with Crippen molar-refractivity contribution in [1.82, 2.24) is 15.2 Å². The summed E-state index contributed by atoms with van der Waals surface area (Å²) in [4.78, 5) is 4.38. The molecule has 3 N–H and O–H groups in total. The van der Waals surface area contributed by atoms with Gasteiger partial charge >= 0.3 is 0 Å². The smallest absolute Gasteiger partial charge is 0.154 e. The van der Waals surface area contributed by atoms with Crippen molar-refractivity contribution >= 4 is 5.82 Å². The number of aromatic nitrogens is 3. The van der Waals surface area contributed by atoms with Crippen molar-refractivity contribution < 1.29 is 0 Å². The Kier molecular flexibility index (Phi) is 6.25. The first kappa shape index (κ1) is 15.5. The fraction of sp³-hybridized carbons (Fsp3) is 0.529. The number of rotatable bonds is 9. The summed E-state index contributed by atoms with van der Waals surface area (Å²) in [6.07, 6.45) is 11.9. The highest BCUT2D eigenvalue weighted by molar-refractivity contribution is 5.73. The van der Waals surface area contributed by atoms with E-state index in [9.17, 15) is 0 Å². The third-order valence-electron chi connectivity index (χ3n) is 3.82. The van der Waals surface area contributed by atoms with Crippen molar-refractivity contribution in [2.24, 2.45) is 0 Å². The zero-order valence-electron chi connectivity index (χ0n) is 12.9. The fourth-order valence-corrected chi connectivity index (χ4v) is 2.63. The van der Waals surface area contributed by atoms with Crippen LogP contribution in [-0.4, -0.2) is 15.2 Å². The maximum Gasteiger partial charge on any atom is 0.154 e. The van der Waals surface area contributed by atoms with E-state index < -0.39 is 0 Å². The van der Waals surface area contributed by atoms with E-state index >= 15 is 0 Å². The van der Waals surface area contributed by atoms with E-state index in [2.05, 4.69) is 22.1 Å². The second-order valence-corrected chi connectivity index (χ2v) is 5.55. The summed E-state index contributed by atoms with van der Waals surface area (Å²) in [6.45, 7) is 2.25. The first-order valence-corrected chi connectivity index (χ1v) is 8.07. The average molecular weight is 286 g/mol. The average Bonchev–Trinajstić information content (AvgIpc) is 2.88. The van der Waals surface area contributed by atoms with E-state index in [0.29, 0.717) is 5.82 Å². The number of nitrogens with zero attached hydrogens (tertiary/aromatic N) is 2. The van der Waals surface area contributed by atoms with Gasteiger partial charge in [0.1, 0.15) is 0 Å². The Morgan fingerprint density at radius 2 is 1.81 bits per heavy atom. The maximum absolute atomic E-state index is 5.98. The van der Waals surface area contributed by atoms with Crippen LogP contribution in [0.3, 0.4) is 0 Å². The van der Waals surface area contributed by atoms with Gasteiger partial charge in [0.05, 0.1) is 11.3 Å². The van der Waals surface area contributed by atoms with Gasteiger partial charge in [-0.15, -0.1) is 0 Å². The molecular formula is C17H26N4. The second-order valence-electron chi connectivity index (χ2n) is 5.55. The van der Waals surface area contributed by atoms with Crippen LogP contribution in [0.15, 0.2) is 24.4 Å². The Hall–Kier alpha value is -1.84. The fourth-order valence-electron chi connectivity index (χ4n) is 2.63. The quantitative estimate of drug-likeness (QED) is 0.673. The molecule has 4 heteroatoms. The summed E-state index contributed by atoms with van der Waals surface area (Å²) in [5.74, 6) is 0.548. The highest BCUT2D eigenvalue weighted by atomic mass is 15.2. The molecule has 0 radical (unpaired) electrons. The number of unbranched alkanes of at least 4 members (excludes halogenated alkanes) is 6. The summed E-state index contributed by atoms with van der Waals surface area (Å²) >= 11 is 0. The van der Waals surface area contributed by atoms with E-state index in [1.807, 2.05) is 18.2 Å². The first-order chi connectivity index (χ1) is 10.3. The number of hydrogen-bond donors (Lipinski definition) is 2. The Morgan fingerprint density at radius 1 is 1.05 bits per heavy atom. The predicted molar refractivity (Wildman–Crippen MR) is 87.9 cm³/mol. The van der Waals surface area contributed by atoms with Crippen LogP contribution in [0, 0.1) is 0 Å². The van der Waals surface area contributed by atoms with E-state index in [0.717, 1.165) is 23.4 Å². The van der Waals surface area contributed by atoms with Crippen molar-refractivity contribution in [2.45, 2.75) is 58.3 Å². The number of aryl methyl sites for hydroxylation is 1. The third kappa shape index (κ3) is 4.59. The van der Waals surface area contributed by atoms with Gasteiger partial charge in [-0.3, -0.25) is 10.1 Å². The van der Waals surface area contributed by atoms with E-state index in [-0.39, 0.29) is 0 Å². The van der Waals surface area contributed by atoms with E-state index in [4.69, 9.17) is 5.73 Å². The summed E-state index contributed by atoms with van der Waals surface area (Å²) in [5.41, 5.74) is 8.97. The molecule has 0 aliphatic heterocycles. The van der Waals surface area contributed by atoms with Gasteiger partial charge in [-0.25, -0.2) is 0 Å². The van der Waals surface area contributed by atoms with Crippen molar-refractivity contribution in [2.75, 3.05) is 5.73 Å². The molecular weight excluding hydrogens is 260 g/mol. The molecule has 0 aliphatic carbocycles. The van der Waals surface area contributed by atoms with Gasteiger partial charge in [0.2, 0.25) is 0 Å².